The molecular formula is C30H39ClFNO11S. The van der Waals surface area contributed by atoms with E-state index < -0.39 is 102 Å². The molecule has 1 aromatic rings. The SMILES string of the molecule is CC(C)C(=O)OCOC(=O)[C@H]1[C@@H]2[C@H](O)[C@@H](CSc3ccc(F)c(Cl)c3)[C@@](NC(=O)OC(C)(C)C)(C(=O)OCOC(=O)C(C)C)[C@H]12. The van der Waals surface area contributed by atoms with Crippen molar-refractivity contribution in [2.24, 2.45) is 35.5 Å². The van der Waals surface area contributed by atoms with Crippen molar-refractivity contribution in [3.8, 4) is 0 Å². The second-order valence-corrected chi connectivity index (χ2v) is 14.0. The fraction of sp³-hybridized carbons (Fsp3) is 0.633. The standard InChI is InChI=1S/C30H39ClFNO11S/c1-14(2)24(35)40-12-42-26(37)21-20-22(21)30(33-28(39)44-29(5,6)7,27(38)43-13-41-25(36)15(3)4)17(23(20)34)11-45-16-8-9-19(32)18(31)10-16/h8-10,14-15,17,20-23,34H,11-13H2,1-7H3,(H,33,39)/t17-,20+,21+,22+,23-,30+/m1/s1. The molecule has 2 saturated carbocycles. The zero-order valence-electron chi connectivity index (χ0n) is 26.1. The highest BCUT2D eigenvalue weighted by Crippen LogP contribution is 2.66. The van der Waals surface area contributed by atoms with Gasteiger partial charge >= 0.3 is 30.0 Å². The molecule has 2 aliphatic rings. The number of fused-ring (bicyclic) bond motifs is 1. The van der Waals surface area contributed by atoms with Gasteiger partial charge in [0.1, 0.15) is 11.4 Å². The number of carbonyl (C=O) groups is 5. The van der Waals surface area contributed by atoms with Gasteiger partial charge in [-0.3, -0.25) is 14.4 Å². The smallest absolute Gasteiger partial charge is 0.408 e. The third-order valence-corrected chi connectivity index (χ3v) is 8.77. The van der Waals surface area contributed by atoms with Gasteiger partial charge in [-0.25, -0.2) is 14.0 Å². The van der Waals surface area contributed by atoms with Crippen molar-refractivity contribution in [3.63, 3.8) is 0 Å². The normalized spacial score (nSPS) is 25.3. The third-order valence-electron chi connectivity index (χ3n) is 7.37. The molecule has 12 nitrogen and oxygen atoms in total. The van der Waals surface area contributed by atoms with Crippen molar-refractivity contribution < 1.29 is 57.2 Å². The number of nitrogens with one attached hydrogen (secondary N) is 1. The number of thioether (sulfide) groups is 1. The number of aliphatic hydroxyl groups excluding tert-OH is 1. The first-order valence-electron chi connectivity index (χ1n) is 14.3. The lowest BCUT2D eigenvalue weighted by atomic mass is 9.80. The minimum Gasteiger partial charge on any atom is -0.444 e. The summed E-state index contributed by atoms with van der Waals surface area (Å²) in [5.74, 6) is -8.94. The van der Waals surface area contributed by atoms with Crippen LogP contribution < -0.4 is 5.32 Å². The highest BCUT2D eigenvalue weighted by atomic mass is 35.5. The van der Waals surface area contributed by atoms with Gasteiger partial charge < -0.3 is 34.1 Å². The van der Waals surface area contributed by atoms with E-state index in [9.17, 15) is 33.5 Å². The first-order chi connectivity index (χ1) is 20.9. The van der Waals surface area contributed by atoms with Gasteiger partial charge in [-0.15, -0.1) is 11.8 Å². The van der Waals surface area contributed by atoms with Crippen LogP contribution in [0.15, 0.2) is 23.1 Å². The summed E-state index contributed by atoms with van der Waals surface area (Å²) in [6, 6.07) is 3.99. The summed E-state index contributed by atoms with van der Waals surface area (Å²) in [6.07, 6.45) is -2.38. The topological polar surface area (TPSA) is 164 Å². The molecule has 3 rings (SSSR count). The molecule has 45 heavy (non-hydrogen) atoms. The van der Waals surface area contributed by atoms with E-state index in [0.29, 0.717) is 4.90 Å². The molecule has 2 N–H and O–H groups in total. The van der Waals surface area contributed by atoms with Crippen molar-refractivity contribution in [1.82, 2.24) is 5.32 Å². The van der Waals surface area contributed by atoms with E-state index in [2.05, 4.69) is 5.32 Å². The van der Waals surface area contributed by atoms with Crippen molar-refractivity contribution in [3.05, 3.63) is 29.0 Å². The number of halogens is 2. The molecule has 0 aromatic heterocycles. The molecular weight excluding hydrogens is 637 g/mol. The van der Waals surface area contributed by atoms with Gasteiger partial charge in [-0.05, 0) is 39.0 Å². The molecule has 15 heteroatoms. The lowest BCUT2D eigenvalue weighted by Gasteiger charge is -2.38. The van der Waals surface area contributed by atoms with E-state index in [-0.39, 0.29) is 10.8 Å². The van der Waals surface area contributed by atoms with Crippen molar-refractivity contribution in [2.45, 2.75) is 70.6 Å². The van der Waals surface area contributed by atoms with E-state index in [1.165, 1.54) is 12.1 Å². The maximum absolute atomic E-state index is 14.0. The van der Waals surface area contributed by atoms with Crippen LogP contribution in [0.25, 0.3) is 0 Å². The Morgan fingerprint density at radius 1 is 1.00 bits per heavy atom. The van der Waals surface area contributed by atoms with Crippen LogP contribution in [0.4, 0.5) is 9.18 Å². The van der Waals surface area contributed by atoms with Crippen LogP contribution in [0.2, 0.25) is 5.02 Å². The largest absolute Gasteiger partial charge is 0.444 e. The molecule has 1 amide bonds. The Balaban J connectivity index is 1.96. The van der Waals surface area contributed by atoms with E-state index in [1.807, 2.05) is 0 Å². The summed E-state index contributed by atoms with van der Waals surface area (Å²) in [5.41, 5.74) is -3.05. The summed E-state index contributed by atoms with van der Waals surface area (Å²) in [4.78, 5) is 64.6. The monoisotopic (exact) mass is 675 g/mol. The Morgan fingerprint density at radius 3 is 2.11 bits per heavy atom. The second-order valence-electron chi connectivity index (χ2n) is 12.5. The molecule has 250 valence electrons. The average Bonchev–Trinajstić information content (AvgIpc) is 3.63. The number of rotatable bonds is 12. The molecule has 0 aliphatic heterocycles. The summed E-state index contributed by atoms with van der Waals surface area (Å²) in [6.45, 7) is 9.71. The van der Waals surface area contributed by atoms with Crippen LogP contribution in [0.1, 0.15) is 48.5 Å². The number of hydrogen-bond donors (Lipinski definition) is 2. The maximum Gasteiger partial charge on any atom is 0.408 e. The van der Waals surface area contributed by atoms with E-state index in [0.717, 1.165) is 17.8 Å². The van der Waals surface area contributed by atoms with Crippen LogP contribution in [-0.4, -0.2) is 71.7 Å². The lowest BCUT2D eigenvalue weighted by molar-refractivity contribution is -0.177. The Morgan fingerprint density at radius 2 is 1.58 bits per heavy atom. The minimum atomic E-state index is -2.06. The number of benzene rings is 1. The molecule has 1 aromatic carbocycles. The first kappa shape index (κ1) is 36.4. The van der Waals surface area contributed by atoms with E-state index >= 15 is 0 Å². The number of hydrogen-bond acceptors (Lipinski definition) is 12. The highest BCUT2D eigenvalue weighted by Gasteiger charge is 2.80. The number of ether oxygens (including phenoxy) is 5. The number of esters is 4. The molecule has 6 atom stereocenters. The molecule has 0 heterocycles. The van der Waals surface area contributed by atoms with E-state index in [4.69, 9.17) is 35.3 Å². The zero-order chi connectivity index (χ0) is 33.9. The van der Waals surface area contributed by atoms with Gasteiger partial charge in [-0.2, -0.15) is 0 Å². The second kappa shape index (κ2) is 14.5. The summed E-state index contributed by atoms with van der Waals surface area (Å²) in [7, 11) is 0. The molecule has 2 aliphatic carbocycles. The predicted octanol–water partition coefficient (Wildman–Crippen LogP) is 4.09. The van der Waals surface area contributed by atoms with Crippen LogP contribution in [0.3, 0.4) is 0 Å². The number of amides is 1. The third kappa shape index (κ3) is 8.59. The average molecular weight is 676 g/mol. The minimum absolute atomic E-state index is 0.0272. The Kier molecular flexibility index (Phi) is 11.8. The van der Waals surface area contributed by atoms with Gasteiger partial charge in [0.15, 0.2) is 5.54 Å². The fourth-order valence-electron chi connectivity index (χ4n) is 5.24. The zero-order valence-corrected chi connectivity index (χ0v) is 27.7. The Hall–Kier alpha value is -3.10. The van der Waals surface area contributed by atoms with Crippen molar-refractivity contribution in [2.75, 3.05) is 19.3 Å². The number of aliphatic hydroxyl groups is 1. The highest BCUT2D eigenvalue weighted by molar-refractivity contribution is 7.99. The Labute approximate surface area is 269 Å². The van der Waals surface area contributed by atoms with Gasteiger partial charge in [0.05, 0.1) is 28.9 Å². The number of alkyl carbamates (subject to hydrolysis) is 1. The predicted molar refractivity (Wildman–Crippen MR) is 158 cm³/mol. The lowest BCUT2D eigenvalue weighted by Crippen LogP contribution is -2.63. The number of carbonyl (C=O) groups excluding carboxylic acids is 5. The molecule has 0 unspecified atom stereocenters. The molecule has 0 saturated heterocycles. The van der Waals surface area contributed by atoms with Gasteiger partial charge in [-0.1, -0.05) is 39.3 Å². The summed E-state index contributed by atoms with van der Waals surface area (Å²) >= 11 is 7.05. The van der Waals surface area contributed by atoms with Crippen LogP contribution >= 0.6 is 23.4 Å². The molecule has 0 radical (unpaired) electrons. The summed E-state index contributed by atoms with van der Waals surface area (Å²) < 4.78 is 39.6. The van der Waals surface area contributed by atoms with Gasteiger partial charge in [0.25, 0.3) is 0 Å². The maximum atomic E-state index is 14.0. The van der Waals surface area contributed by atoms with Crippen LogP contribution in [-0.2, 0) is 42.9 Å². The van der Waals surface area contributed by atoms with Gasteiger partial charge in [0, 0.05) is 28.4 Å². The van der Waals surface area contributed by atoms with E-state index in [1.54, 1.807) is 48.5 Å². The van der Waals surface area contributed by atoms with Crippen molar-refractivity contribution in [1.29, 1.82) is 0 Å². The van der Waals surface area contributed by atoms with Crippen LogP contribution in [0, 0.1) is 41.3 Å². The quantitative estimate of drug-likeness (QED) is 0.141. The first-order valence-corrected chi connectivity index (χ1v) is 15.7. The molecule has 0 bridgehead atoms. The fourth-order valence-corrected chi connectivity index (χ4v) is 6.68. The molecule has 2 fully saturated rings. The van der Waals surface area contributed by atoms with Crippen LogP contribution in [0.5, 0.6) is 0 Å². The van der Waals surface area contributed by atoms with Gasteiger partial charge in [0.2, 0.25) is 13.6 Å². The Bertz CT molecular complexity index is 1300. The van der Waals surface area contributed by atoms with Crippen molar-refractivity contribution >= 4 is 53.3 Å². The summed E-state index contributed by atoms with van der Waals surface area (Å²) in [5, 5.41) is 14.0. The molecule has 0 spiro atoms.